The first kappa shape index (κ1) is 13.6. The number of rotatable bonds is 8. The number of halogens is 1. The monoisotopic (exact) mass is 286 g/mol. The Hall–Kier alpha value is -0.420. The number of benzene rings is 1. The highest BCUT2D eigenvalue weighted by Gasteiger charge is 1.92. The second-order valence-corrected chi connectivity index (χ2v) is 4.55. The molecule has 0 atom stereocenters. The highest BCUT2D eigenvalue weighted by molar-refractivity contribution is 9.10. The van der Waals surface area contributed by atoms with Gasteiger partial charge in [0.05, 0.1) is 6.61 Å². The maximum Gasteiger partial charge on any atom is 0.0555 e. The molecule has 3 nitrogen and oxygen atoms in total. The first-order chi connectivity index (χ1) is 7.83. The fourth-order valence-electron chi connectivity index (χ4n) is 1.38. The van der Waals surface area contributed by atoms with Gasteiger partial charge >= 0.3 is 0 Å². The molecule has 1 aromatic carbocycles. The van der Waals surface area contributed by atoms with E-state index in [0.29, 0.717) is 6.54 Å². The lowest BCUT2D eigenvalue weighted by Crippen LogP contribution is -2.23. The number of hydrogen-bond donors (Lipinski definition) is 3. The lowest BCUT2D eigenvalue weighted by atomic mass is 10.2. The zero-order valence-corrected chi connectivity index (χ0v) is 11.0. The van der Waals surface area contributed by atoms with Crippen molar-refractivity contribution in [3.05, 3.63) is 34.3 Å². The molecule has 0 heterocycles. The molecule has 0 unspecified atom stereocenters. The molecule has 0 radical (unpaired) electrons. The lowest BCUT2D eigenvalue weighted by Gasteiger charge is -2.05. The van der Waals surface area contributed by atoms with Gasteiger partial charge in [-0.3, -0.25) is 0 Å². The molecular weight excluding hydrogens is 268 g/mol. The van der Waals surface area contributed by atoms with E-state index >= 15 is 0 Å². The van der Waals surface area contributed by atoms with E-state index in [4.69, 9.17) is 5.11 Å². The maximum absolute atomic E-state index is 8.56. The van der Waals surface area contributed by atoms with Crippen LogP contribution in [0.25, 0.3) is 0 Å². The summed E-state index contributed by atoms with van der Waals surface area (Å²) in [5, 5.41) is 15.1. The maximum atomic E-state index is 8.56. The first-order valence-electron chi connectivity index (χ1n) is 5.59. The van der Waals surface area contributed by atoms with Crippen LogP contribution < -0.4 is 10.6 Å². The van der Waals surface area contributed by atoms with Crippen molar-refractivity contribution in [2.75, 3.05) is 26.2 Å². The highest BCUT2D eigenvalue weighted by Crippen LogP contribution is 2.09. The van der Waals surface area contributed by atoms with E-state index in [1.54, 1.807) is 0 Å². The average molecular weight is 287 g/mol. The van der Waals surface area contributed by atoms with Crippen molar-refractivity contribution >= 4 is 15.9 Å². The second kappa shape index (κ2) is 8.70. The van der Waals surface area contributed by atoms with E-state index in [0.717, 1.165) is 30.5 Å². The lowest BCUT2D eigenvalue weighted by molar-refractivity contribution is 0.292. The molecule has 0 fully saturated rings. The zero-order chi connectivity index (χ0) is 11.6. The standard InChI is InChI=1S/C12H19BrN2O/c13-12-4-2-11(3-5-12)10-15-7-1-6-14-8-9-16/h2-5,14-16H,1,6-10H2. The van der Waals surface area contributed by atoms with E-state index in [1.165, 1.54) is 5.56 Å². The molecule has 0 aliphatic rings. The molecule has 0 amide bonds. The van der Waals surface area contributed by atoms with Gasteiger partial charge in [-0.2, -0.15) is 0 Å². The molecule has 0 bridgehead atoms. The van der Waals surface area contributed by atoms with Crippen LogP contribution in [-0.4, -0.2) is 31.3 Å². The third-order valence-electron chi connectivity index (χ3n) is 2.24. The summed E-state index contributed by atoms with van der Waals surface area (Å²) in [5.74, 6) is 0. The van der Waals surface area contributed by atoms with E-state index in [9.17, 15) is 0 Å². The smallest absolute Gasteiger partial charge is 0.0555 e. The molecule has 1 rings (SSSR count). The van der Waals surface area contributed by atoms with Crippen molar-refractivity contribution in [2.45, 2.75) is 13.0 Å². The van der Waals surface area contributed by atoms with Gasteiger partial charge in [-0.1, -0.05) is 28.1 Å². The number of nitrogens with one attached hydrogen (secondary N) is 2. The summed E-state index contributed by atoms with van der Waals surface area (Å²) in [6, 6.07) is 8.34. The van der Waals surface area contributed by atoms with E-state index in [-0.39, 0.29) is 6.61 Å². The molecule has 16 heavy (non-hydrogen) atoms. The van der Waals surface area contributed by atoms with Crippen LogP contribution in [0.15, 0.2) is 28.7 Å². The van der Waals surface area contributed by atoms with E-state index in [1.807, 2.05) is 0 Å². The van der Waals surface area contributed by atoms with Crippen molar-refractivity contribution in [3.63, 3.8) is 0 Å². The van der Waals surface area contributed by atoms with Crippen LogP contribution in [0.3, 0.4) is 0 Å². The Morgan fingerprint density at radius 1 is 1.00 bits per heavy atom. The molecule has 0 aliphatic carbocycles. The van der Waals surface area contributed by atoms with Gasteiger partial charge in [-0.15, -0.1) is 0 Å². The number of aliphatic hydroxyl groups excluding tert-OH is 1. The van der Waals surface area contributed by atoms with Gasteiger partial charge in [-0.25, -0.2) is 0 Å². The van der Waals surface area contributed by atoms with Crippen LogP contribution in [0.2, 0.25) is 0 Å². The molecule has 0 aromatic heterocycles. The van der Waals surface area contributed by atoms with E-state index in [2.05, 4.69) is 50.8 Å². The zero-order valence-electron chi connectivity index (χ0n) is 9.38. The van der Waals surface area contributed by atoms with Gasteiger partial charge in [0.2, 0.25) is 0 Å². The van der Waals surface area contributed by atoms with Gasteiger partial charge < -0.3 is 15.7 Å². The predicted molar refractivity (Wildman–Crippen MR) is 70.4 cm³/mol. The van der Waals surface area contributed by atoms with Crippen LogP contribution in [0.5, 0.6) is 0 Å². The average Bonchev–Trinajstić information content (AvgIpc) is 2.30. The summed E-state index contributed by atoms with van der Waals surface area (Å²) in [5.41, 5.74) is 1.30. The third-order valence-corrected chi connectivity index (χ3v) is 2.77. The van der Waals surface area contributed by atoms with Gasteiger partial charge in [0.15, 0.2) is 0 Å². The molecule has 1 aromatic rings. The minimum atomic E-state index is 0.215. The fraction of sp³-hybridized carbons (Fsp3) is 0.500. The summed E-state index contributed by atoms with van der Waals surface area (Å²) in [6.07, 6.45) is 1.08. The van der Waals surface area contributed by atoms with Crippen molar-refractivity contribution in [3.8, 4) is 0 Å². The van der Waals surface area contributed by atoms with E-state index < -0.39 is 0 Å². The van der Waals surface area contributed by atoms with Gasteiger partial charge in [-0.05, 0) is 37.2 Å². The third kappa shape index (κ3) is 6.23. The quantitative estimate of drug-likeness (QED) is 0.635. The molecule has 90 valence electrons. The molecular formula is C12H19BrN2O. The van der Waals surface area contributed by atoms with Crippen molar-refractivity contribution in [2.24, 2.45) is 0 Å². The Kier molecular flexibility index (Phi) is 7.42. The molecule has 4 heteroatoms. The van der Waals surface area contributed by atoms with Crippen LogP contribution in [0.1, 0.15) is 12.0 Å². The van der Waals surface area contributed by atoms with Crippen LogP contribution in [0, 0.1) is 0 Å². The van der Waals surface area contributed by atoms with Crippen LogP contribution in [0.4, 0.5) is 0 Å². The minimum Gasteiger partial charge on any atom is -0.395 e. The fourth-order valence-corrected chi connectivity index (χ4v) is 1.64. The largest absolute Gasteiger partial charge is 0.395 e. The highest BCUT2D eigenvalue weighted by atomic mass is 79.9. The Morgan fingerprint density at radius 2 is 1.69 bits per heavy atom. The van der Waals surface area contributed by atoms with Gasteiger partial charge in [0.1, 0.15) is 0 Å². The number of aliphatic hydroxyl groups is 1. The second-order valence-electron chi connectivity index (χ2n) is 3.63. The van der Waals surface area contributed by atoms with Crippen molar-refractivity contribution in [1.29, 1.82) is 0 Å². The van der Waals surface area contributed by atoms with Crippen molar-refractivity contribution in [1.82, 2.24) is 10.6 Å². The normalized spacial score (nSPS) is 10.6. The molecule has 0 aliphatic heterocycles. The van der Waals surface area contributed by atoms with Gasteiger partial charge in [0.25, 0.3) is 0 Å². The molecule has 3 N–H and O–H groups in total. The van der Waals surface area contributed by atoms with Crippen LogP contribution in [-0.2, 0) is 6.54 Å². The Morgan fingerprint density at radius 3 is 2.38 bits per heavy atom. The molecule has 0 saturated heterocycles. The topological polar surface area (TPSA) is 44.3 Å². The summed E-state index contributed by atoms with van der Waals surface area (Å²) in [4.78, 5) is 0. The summed E-state index contributed by atoms with van der Waals surface area (Å²) >= 11 is 3.41. The summed E-state index contributed by atoms with van der Waals surface area (Å²) < 4.78 is 1.12. The molecule has 0 saturated carbocycles. The Balaban J connectivity index is 2.01. The predicted octanol–water partition coefficient (Wildman–Crippen LogP) is 1.51. The summed E-state index contributed by atoms with van der Waals surface area (Å²) in [6.45, 7) is 3.76. The Labute approximate surface area is 105 Å². The number of hydrogen-bond acceptors (Lipinski definition) is 3. The SMILES string of the molecule is OCCNCCCNCc1ccc(Br)cc1. The van der Waals surface area contributed by atoms with Crippen molar-refractivity contribution < 1.29 is 5.11 Å². The molecule has 0 spiro atoms. The minimum absolute atomic E-state index is 0.215. The van der Waals surface area contributed by atoms with Crippen LogP contribution >= 0.6 is 15.9 Å². The Bertz CT molecular complexity index is 277. The van der Waals surface area contributed by atoms with Gasteiger partial charge in [0, 0.05) is 17.6 Å². The summed E-state index contributed by atoms with van der Waals surface area (Å²) in [7, 11) is 0. The first-order valence-corrected chi connectivity index (χ1v) is 6.39.